The summed E-state index contributed by atoms with van der Waals surface area (Å²) >= 11 is 0. The summed E-state index contributed by atoms with van der Waals surface area (Å²) in [5.41, 5.74) is 3.72. The Kier molecular flexibility index (Phi) is 4.09. The van der Waals surface area contributed by atoms with Crippen molar-refractivity contribution in [2.75, 3.05) is 5.32 Å². The lowest BCUT2D eigenvalue weighted by atomic mass is 10.2. The Hall–Kier alpha value is -2.03. The SMILES string of the molecule is C1=CC(c2ccc3c(NC4CC4)nccn23)=CC1.CCC. The van der Waals surface area contributed by atoms with E-state index >= 15 is 0 Å². The van der Waals surface area contributed by atoms with Crippen LogP contribution < -0.4 is 5.32 Å². The lowest BCUT2D eigenvalue weighted by molar-refractivity contribution is 1.07. The van der Waals surface area contributed by atoms with Crippen LogP contribution in [0.3, 0.4) is 0 Å². The fourth-order valence-electron chi connectivity index (χ4n) is 2.46. The Morgan fingerprint density at radius 2 is 2.10 bits per heavy atom. The third-order valence-electron chi connectivity index (χ3n) is 3.57. The van der Waals surface area contributed by atoms with Crippen LogP contribution in [0, 0.1) is 0 Å². The third kappa shape index (κ3) is 3.02. The first kappa shape index (κ1) is 13.9. The molecule has 0 bridgehead atoms. The maximum atomic E-state index is 4.46. The summed E-state index contributed by atoms with van der Waals surface area (Å²) in [6.45, 7) is 4.25. The molecular formula is C18H23N3. The van der Waals surface area contributed by atoms with E-state index in [0.29, 0.717) is 6.04 Å². The van der Waals surface area contributed by atoms with Crippen LogP contribution >= 0.6 is 0 Å². The molecule has 0 unspecified atom stereocenters. The molecule has 2 aromatic heterocycles. The Morgan fingerprint density at radius 3 is 2.76 bits per heavy atom. The molecule has 0 radical (unpaired) electrons. The quantitative estimate of drug-likeness (QED) is 0.886. The molecule has 1 fully saturated rings. The predicted octanol–water partition coefficient (Wildman–Crippen LogP) is 4.67. The van der Waals surface area contributed by atoms with E-state index in [1.807, 2.05) is 12.4 Å². The molecule has 2 heterocycles. The molecule has 2 aromatic rings. The lowest BCUT2D eigenvalue weighted by Crippen LogP contribution is -2.05. The zero-order valence-corrected chi connectivity index (χ0v) is 12.8. The molecular weight excluding hydrogens is 258 g/mol. The summed E-state index contributed by atoms with van der Waals surface area (Å²) in [7, 11) is 0. The van der Waals surface area contributed by atoms with Gasteiger partial charge in [-0.1, -0.05) is 38.5 Å². The molecule has 0 amide bonds. The van der Waals surface area contributed by atoms with Gasteiger partial charge in [0.2, 0.25) is 0 Å². The number of aromatic nitrogens is 2. The zero-order valence-electron chi connectivity index (χ0n) is 12.8. The molecule has 2 aliphatic carbocycles. The molecule has 0 aromatic carbocycles. The molecule has 0 saturated heterocycles. The molecule has 4 rings (SSSR count). The van der Waals surface area contributed by atoms with Gasteiger partial charge in [-0.2, -0.15) is 0 Å². The van der Waals surface area contributed by atoms with Crippen LogP contribution in [-0.2, 0) is 0 Å². The van der Waals surface area contributed by atoms with Crippen LogP contribution in [0.25, 0.3) is 11.1 Å². The first-order valence-electron chi connectivity index (χ1n) is 7.93. The summed E-state index contributed by atoms with van der Waals surface area (Å²) in [5.74, 6) is 1.01. The van der Waals surface area contributed by atoms with Gasteiger partial charge < -0.3 is 9.72 Å². The first-order chi connectivity index (χ1) is 10.3. The van der Waals surface area contributed by atoms with E-state index in [1.54, 1.807) is 0 Å². The number of hydrogen-bond donors (Lipinski definition) is 1. The second-order valence-corrected chi connectivity index (χ2v) is 5.67. The largest absolute Gasteiger partial charge is 0.366 e. The zero-order chi connectivity index (χ0) is 14.7. The standard InChI is InChI=1S/C15H15N3.C3H8/c1-2-4-11(3-1)13-7-8-14-15(17-12-5-6-12)16-9-10-18(13)14;1-3-2/h1,3-4,7-10,12H,2,5-6H2,(H,16,17);3H2,1-2H3. The molecule has 1 saturated carbocycles. The molecule has 110 valence electrons. The highest BCUT2D eigenvalue weighted by Crippen LogP contribution is 2.29. The van der Waals surface area contributed by atoms with Crippen molar-refractivity contribution in [1.82, 2.24) is 9.38 Å². The summed E-state index contributed by atoms with van der Waals surface area (Å²) in [5, 5.41) is 3.49. The van der Waals surface area contributed by atoms with Gasteiger partial charge in [-0.25, -0.2) is 4.98 Å². The van der Waals surface area contributed by atoms with E-state index in [0.717, 1.165) is 12.2 Å². The maximum absolute atomic E-state index is 4.46. The van der Waals surface area contributed by atoms with Gasteiger partial charge in [-0.3, -0.25) is 0 Å². The summed E-state index contributed by atoms with van der Waals surface area (Å²) in [4.78, 5) is 4.46. The highest BCUT2D eigenvalue weighted by molar-refractivity contribution is 5.80. The maximum Gasteiger partial charge on any atom is 0.150 e. The van der Waals surface area contributed by atoms with Crippen LogP contribution in [0.15, 0.2) is 42.8 Å². The fraction of sp³-hybridized carbons (Fsp3) is 0.389. The topological polar surface area (TPSA) is 29.3 Å². The Morgan fingerprint density at radius 1 is 1.29 bits per heavy atom. The van der Waals surface area contributed by atoms with Gasteiger partial charge in [0.15, 0.2) is 5.82 Å². The summed E-state index contributed by atoms with van der Waals surface area (Å²) in [6.07, 6.45) is 15.4. The number of fused-ring (bicyclic) bond motifs is 1. The van der Waals surface area contributed by atoms with Crippen molar-refractivity contribution in [1.29, 1.82) is 0 Å². The van der Waals surface area contributed by atoms with E-state index < -0.39 is 0 Å². The van der Waals surface area contributed by atoms with Crippen molar-refractivity contribution in [3.8, 4) is 0 Å². The smallest absolute Gasteiger partial charge is 0.150 e. The van der Waals surface area contributed by atoms with Gasteiger partial charge in [0.1, 0.15) is 0 Å². The van der Waals surface area contributed by atoms with Gasteiger partial charge in [-0.15, -0.1) is 0 Å². The van der Waals surface area contributed by atoms with Crippen LogP contribution in [0.2, 0.25) is 0 Å². The Labute approximate surface area is 126 Å². The van der Waals surface area contributed by atoms with Crippen LogP contribution in [0.4, 0.5) is 5.82 Å². The molecule has 0 atom stereocenters. The first-order valence-corrected chi connectivity index (χ1v) is 7.93. The van der Waals surface area contributed by atoms with Crippen LogP contribution in [0.5, 0.6) is 0 Å². The molecule has 0 aliphatic heterocycles. The van der Waals surface area contributed by atoms with Crippen molar-refractivity contribution >= 4 is 16.9 Å². The highest BCUT2D eigenvalue weighted by Gasteiger charge is 2.22. The minimum absolute atomic E-state index is 0.632. The number of nitrogens with one attached hydrogen (secondary N) is 1. The molecule has 1 N–H and O–H groups in total. The molecule has 2 aliphatic rings. The van der Waals surface area contributed by atoms with E-state index in [2.05, 4.69) is 58.9 Å². The van der Waals surface area contributed by atoms with Crippen LogP contribution in [0.1, 0.15) is 45.2 Å². The van der Waals surface area contributed by atoms with Crippen LogP contribution in [-0.4, -0.2) is 15.4 Å². The average molecular weight is 281 g/mol. The fourth-order valence-corrected chi connectivity index (χ4v) is 2.46. The second kappa shape index (κ2) is 6.17. The monoisotopic (exact) mass is 281 g/mol. The third-order valence-corrected chi connectivity index (χ3v) is 3.57. The van der Waals surface area contributed by atoms with E-state index in [4.69, 9.17) is 0 Å². The minimum atomic E-state index is 0.632. The van der Waals surface area contributed by atoms with Gasteiger partial charge in [0, 0.05) is 18.4 Å². The number of nitrogens with zero attached hydrogens (tertiary/aromatic N) is 2. The second-order valence-electron chi connectivity index (χ2n) is 5.67. The molecule has 21 heavy (non-hydrogen) atoms. The van der Waals surface area contributed by atoms with E-state index in [-0.39, 0.29) is 0 Å². The van der Waals surface area contributed by atoms with Gasteiger partial charge in [0.25, 0.3) is 0 Å². The van der Waals surface area contributed by atoms with Crippen molar-refractivity contribution < 1.29 is 0 Å². The summed E-state index contributed by atoms with van der Waals surface area (Å²) in [6, 6.07) is 4.96. The number of allylic oxidation sites excluding steroid dienone is 4. The minimum Gasteiger partial charge on any atom is -0.366 e. The Bertz CT molecular complexity index is 675. The molecule has 3 nitrogen and oxygen atoms in total. The summed E-state index contributed by atoms with van der Waals surface area (Å²) < 4.78 is 2.22. The van der Waals surface area contributed by atoms with Gasteiger partial charge in [0.05, 0.1) is 11.2 Å². The van der Waals surface area contributed by atoms with Crippen molar-refractivity contribution in [2.45, 2.75) is 45.6 Å². The van der Waals surface area contributed by atoms with E-state index in [9.17, 15) is 0 Å². The van der Waals surface area contributed by atoms with Crippen molar-refractivity contribution in [3.05, 3.63) is 48.4 Å². The van der Waals surface area contributed by atoms with Crippen molar-refractivity contribution in [3.63, 3.8) is 0 Å². The lowest BCUT2D eigenvalue weighted by Gasteiger charge is -2.07. The van der Waals surface area contributed by atoms with Gasteiger partial charge >= 0.3 is 0 Å². The molecule has 3 heteroatoms. The number of rotatable bonds is 3. The highest BCUT2D eigenvalue weighted by atomic mass is 15.1. The Balaban J connectivity index is 0.000000409. The van der Waals surface area contributed by atoms with Crippen molar-refractivity contribution in [2.24, 2.45) is 0 Å². The normalized spacial score (nSPS) is 16.6. The average Bonchev–Trinajstić information content (AvgIpc) is 2.99. The van der Waals surface area contributed by atoms with E-state index in [1.165, 1.54) is 36.0 Å². The molecule has 0 spiro atoms. The van der Waals surface area contributed by atoms with Gasteiger partial charge in [-0.05, 0) is 37.0 Å². The number of hydrogen-bond acceptors (Lipinski definition) is 2. The predicted molar refractivity (Wildman–Crippen MR) is 89.5 cm³/mol. The number of anilines is 1.